The molecule has 2 aromatic rings. The molecule has 2 heterocycles. The van der Waals surface area contributed by atoms with Crippen molar-refractivity contribution in [3.05, 3.63) is 47.8 Å². The first kappa shape index (κ1) is 16.7. The molecule has 0 radical (unpaired) electrons. The van der Waals surface area contributed by atoms with Gasteiger partial charge in [0.2, 0.25) is 0 Å². The van der Waals surface area contributed by atoms with Crippen molar-refractivity contribution < 1.29 is 13.2 Å². The maximum Gasteiger partial charge on any atom is 0.253 e. The van der Waals surface area contributed by atoms with Crippen LogP contribution in [0.1, 0.15) is 28.9 Å². The molecule has 1 amide bonds. The molecule has 128 valence electrons. The van der Waals surface area contributed by atoms with Gasteiger partial charge in [-0.05, 0) is 37.3 Å². The Bertz CT molecular complexity index is 815. The maximum absolute atomic E-state index is 12.6. The van der Waals surface area contributed by atoms with Crippen LogP contribution in [0.25, 0.3) is 0 Å². The van der Waals surface area contributed by atoms with Gasteiger partial charge in [0, 0.05) is 24.9 Å². The van der Waals surface area contributed by atoms with E-state index in [2.05, 4.69) is 10.2 Å². The number of carbonyl (C=O) groups excluding carboxylic acids is 1. The molecular formula is C17H21N3O3S. The number of nitrogens with zero attached hydrogens (tertiary/aromatic N) is 2. The van der Waals surface area contributed by atoms with Crippen LogP contribution in [0.15, 0.2) is 41.4 Å². The van der Waals surface area contributed by atoms with E-state index in [1.165, 1.54) is 12.5 Å². The number of piperidine rings is 1. The molecule has 1 aliphatic heterocycles. The number of aromatic nitrogens is 2. The summed E-state index contributed by atoms with van der Waals surface area (Å²) in [7, 11) is -3.29. The molecule has 0 unspecified atom stereocenters. The van der Waals surface area contributed by atoms with Gasteiger partial charge in [0.25, 0.3) is 5.91 Å². The van der Waals surface area contributed by atoms with Crippen LogP contribution in [0.2, 0.25) is 0 Å². The van der Waals surface area contributed by atoms with Crippen molar-refractivity contribution >= 4 is 15.7 Å². The first-order valence-electron chi connectivity index (χ1n) is 8.02. The van der Waals surface area contributed by atoms with Crippen LogP contribution in [0.5, 0.6) is 0 Å². The summed E-state index contributed by atoms with van der Waals surface area (Å²) in [4.78, 5) is 14.7. The van der Waals surface area contributed by atoms with Crippen molar-refractivity contribution in [2.45, 2.75) is 24.2 Å². The highest BCUT2D eigenvalue weighted by Crippen LogP contribution is 2.24. The summed E-state index contributed by atoms with van der Waals surface area (Å²) >= 11 is 0. The number of hydrogen-bond donors (Lipinski definition) is 1. The summed E-state index contributed by atoms with van der Waals surface area (Å²) in [6.45, 7) is 1.38. The number of amides is 1. The first-order valence-corrected chi connectivity index (χ1v) is 9.91. The van der Waals surface area contributed by atoms with Crippen molar-refractivity contribution in [1.82, 2.24) is 15.1 Å². The molecule has 1 saturated heterocycles. The van der Waals surface area contributed by atoms with Crippen LogP contribution in [-0.4, -0.2) is 48.8 Å². The predicted octanol–water partition coefficient (Wildman–Crippen LogP) is 1.91. The highest BCUT2D eigenvalue weighted by atomic mass is 32.2. The third-order valence-corrected chi connectivity index (χ3v) is 5.55. The van der Waals surface area contributed by atoms with Crippen LogP contribution in [0.4, 0.5) is 0 Å². The third-order valence-electron chi connectivity index (χ3n) is 4.40. The number of rotatable bonds is 4. The standard InChI is InChI=1S/C17H21N3O3S/c1-24(22,23)16-11-18-19-15(16)10-13-6-5-9-20(12-13)17(21)14-7-3-2-4-8-14/h2-4,7-8,11,13H,5-6,9-10,12H2,1H3,(H,18,19)/t13-/m0/s1. The Kier molecular flexibility index (Phi) is 4.71. The van der Waals surface area contributed by atoms with E-state index >= 15 is 0 Å². The average molecular weight is 347 g/mol. The fraction of sp³-hybridized carbons (Fsp3) is 0.412. The SMILES string of the molecule is CS(=O)(=O)c1cn[nH]c1C[C@@H]1CCCN(C(=O)c2ccccc2)C1. The smallest absolute Gasteiger partial charge is 0.253 e. The van der Waals surface area contributed by atoms with E-state index in [0.717, 1.165) is 19.4 Å². The zero-order valence-electron chi connectivity index (χ0n) is 13.6. The molecule has 1 aromatic carbocycles. The number of sulfone groups is 1. The lowest BCUT2D eigenvalue weighted by Crippen LogP contribution is -2.40. The largest absolute Gasteiger partial charge is 0.338 e. The zero-order chi connectivity index (χ0) is 17.2. The van der Waals surface area contributed by atoms with Gasteiger partial charge in [-0.25, -0.2) is 8.42 Å². The van der Waals surface area contributed by atoms with Gasteiger partial charge in [0.1, 0.15) is 4.90 Å². The van der Waals surface area contributed by atoms with E-state index in [9.17, 15) is 13.2 Å². The van der Waals surface area contributed by atoms with E-state index in [1.54, 1.807) is 0 Å². The molecule has 0 spiro atoms. The number of H-pyrrole nitrogens is 1. The lowest BCUT2D eigenvalue weighted by molar-refractivity contribution is 0.0672. The molecule has 1 fully saturated rings. The minimum Gasteiger partial charge on any atom is -0.338 e. The van der Waals surface area contributed by atoms with Crippen molar-refractivity contribution in [2.75, 3.05) is 19.3 Å². The minimum atomic E-state index is -3.29. The van der Waals surface area contributed by atoms with Crippen LogP contribution >= 0.6 is 0 Å². The van der Waals surface area contributed by atoms with Gasteiger partial charge in [0.05, 0.1) is 11.9 Å². The highest BCUT2D eigenvalue weighted by Gasteiger charge is 2.26. The second-order valence-electron chi connectivity index (χ2n) is 6.31. The van der Waals surface area contributed by atoms with Crippen LogP contribution in [-0.2, 0) is 16.3 Å². The Morgan fingerprint density at radius 2 is 2.08 bits per heavy atom. The average Bonchev–Trinajstić information content (AvgIpc) is 3.04. The van der Waals surface area contributed by atoms with Gasteiger partial charge in [0.15, 0.2) is 9.84 Å². The third kappa shape index (κ3) is 3.67. The molecule has 3 rings (SSSR count). The molecule has 6 nitrogen and oxygen atoms in total. The Morgan fingerprint density at radius 1 is 1.33 bits per heavy atom. The molecule has 1 aromatic heterocycles. The fourth-order valence-electron chi connectivity index (χ4n) is 3.24. The number of carbonyl (C=O) groups is 1. The normalized spacial score (nSPS) is 18.5. The van der Waals surface area contributed by atoms with Crippen LogP contribution in [0.3, 0.4) is 0 Å². The van der Waals surface area contributed by atoms with E-state index in [1.807, 2.05) is 35.2 Å². The van der Waals surface area contributed by atoms with E-state index in [0.29, 0.717) is 24.2 Å². The zero-order valence-corrected chi connectivity index (χ0v) is 14.4. The maximum atomic E-state index is 12.6. The highest BCUT2D eigenvalue weighted by molar-refractivity contribution is 7.90. The van der Waals surface area contributed by atoms with Gasteiger partial charge >= 0.3 is 0 Å². The van der Waals surface area contributed by atoms with Gasteiger partial charge < -0.3 is 4.90 Å². The number of aromatic amines is 1. The van der Waals surface area contributed by atoms with Crippen molar-refractivity contribution in [1.29, 1.82) is 0 Å². The fourth-order valence-corrected chi connectivity index (χ4v) is 4.06. The van der Waals surface area contributed by atoms with Gasteiger partial charge in [-0.1, -0.05) is 18.2 Å². The second kappa shape index (κ2) is 6.76. The lowest BCUT2D eigenvalue weighted by atomic mass is 9.93. The monoisotopic (exact) mass is 347 g/mol. The van der Waals surface area contributed by atoms with Crippen molar-refractivity contribution in [3.8, 4) is 0 Å². The topological polar surface area (TPSA) is 83.1 Å². The minimum absolute atomic E-state index is 0.0354. The van der Waals surface area contributed by atoms with Crippen molar-refractivity contribution in [3.63, 3.8) is 0 Å². The van der Waals surface area contributed by atoms with Crippen molar-refractivity contribution in [2.24, 2.45) is 5.92 Å². The van der Waals surface area contributed by atoms with Gasteiger partial charge in [-0.15, -0.1) is 0 Å². The van der Waals surface area contributed by atoms with E-state index in [4.69, 9.17) is 0 Å². The summed E-state index contributed by atoms with van der Waals surface area (Å²) in [5, 5.41) is 6.67. The molecular weight excluding hydrogens is 326 g/mol. The Labute approximate surface area is 141 Å². The number of hydrogen-bond acceptors (Lipinski definition) is 4. The Hall–Kier alpha value is -2.15. The van der Waals surface area contributed by atoms with Crippen LogP contribution in [0, 0.1) is 5.92 Å². The molecule has 7 heteroatoms. The molecule has 24 heavy (non-hydrogen) atoms. The van der Waals surface area contributed by atoms with E-state index < -0.39 is 9.84 Å². The number of nitrogens with one attached hydrogen (secondary N) is 1. The summed E-state index contributed by atoms with van der Waals surface area (Å²) in [5.41, 5.74) is 1.33. The predicted molar refractivity (Wildman–Crippen MR) is 90.5 cm³/mol. The Balaban J connectivity index is 1.71. The first-order chi connectivity index (χ1) is 11.4. The molecule has 0 bridgehead atoms. The van der Waals surface area contributed by atoms with Gasteiger partial charge in [-0.2, -0.15) is 5.10 Å². The molecule has 1 atom stereocenters. The summed E-state index contributed by atoms with van der Waals surface area (Å²) in [5.74, 6) is 0.264. The lowest BCUT2D eigenvalue weighted by Gasteiger charge is -2.32. The summed E-state index contributed by atoms with van der Waals surface area (Å²) in [6.07, 6.45) is 5.03. The number of benzene rings is 1. The van der Waals surface area contributed by atoms with E-state index in [-0.39, 0.29) is 16.7 Å². The Morgan fingerprint density at radius 3 is 2.79 bits per heavy atom. The molecule has 0 aliphatic carbocycles. The molecule has 1 aliphatic rings. The van der Waals surface area contributed by atoms with Gasteiger partial charge in [-0.3, -0.25) is 9.89 Å². The molecule has 0 saturated carbocycles. The molecule has 1 N–H and O–H groups in total. The summed E-state index contributed by atoms with van der Waals surface area (Å²) in [6, 6.07) is 9.25. The second-order valence-corrected chi connectivity index (χ2v) is 8.30. The quantitative estimate of drug-likeness (QED) is 0.916. The summed E-state index contributed by atoms with van der Waals surface area (Å²) < 4.78 is 23.6. The van der Waals surface area contributed by atoms with Crippen LogP contribution < -0.4 is 0 Å². The number of likely N-dealkylation sites (tertiary alicyclic amines) is 1.